The number of benzene rings is 1. The molecule has 7 heteroatoms. The number of hydrogen-bond donors (Lipinski definition) is 3. The summed E-state index contributed by atoms with van der Waals surface area (Å²) in [4.78, 5) is 12.0. The van der Waals surface area contributed by atoms with Crippen molar-refractivity contribution in [3.63, 3.8) is 0 Å². The van der Waals surface area contributed by atoms with Gasteiger partial charge in [0.25, 0.3) is 5.91 Å². The molecule has 148 valence electrons. The minimum Gasteiger partial charge on any atom is -0.497 e. The lowest BCUT2D eigenvalue weighted by atomic mass is 9.78. The molecule has 0 unspecified atom stereocenters. The third-order valence-electron chi connectivity index (χ3n) is 5.18. The van der Waals surface area contributed by atoms with Gasteiger partial charge in [-0.3, -0.25) is 15.6 Å². The van der Waals surface area contributed by atoms with Crippen LogP contribution in [0, 0.1) is 11.8 Å². The van der Waals surface area contributed by atoms with E-state index >= 15 is 0 Å². The van der Waals surface area contributed by atoms with Crippen LogP contribution in [0.25, 0.3) is 6.08 Å². The lowest BCUT2D eigenvalue weighted by Crippen LogP contribution is -2.52. The second-order valence-electron chi connectivity index (χ2n) is 6.90. The van der Waals surface area contributed by atoms with Gasteiger partial charge in [-0.15, -0.1) is 0 Å². The molecule has 0 radical (unpaired) electrons. The maximum atomic E-state index is 12.0. The normalized spacial score (nSPS) is 22.1. The fourth-order valence-electron chi connectivity index (χ4n) is 3.27. The van der Waals surface area contributed by atoms with E-state index in [1.165, 1.54) is 18.9 Å². The predicted octanol–water partition coefficient (Wildman–Crippen LogP) is 3.04. The fraction of sp³-hybridized carbons (Fsp3) is 0.500. The highest BCUT2D eigenvalue weighted by molar-refractivity contribution is 7.80. The molecule has 0 saturated heterocycles. The number of thiocarbonyl (C=S) groups is 1. The molecule has 1 fully saturated rings. The number of rotatable bonds is 5. The largest absolute Gasteiger partial charge is 0.497 e. The van der Waals surface area contributed by atoms with Crippen LogP contribution in [0.5, 0.6) is 11.5 Å². The molecular weight excluding hydrogens is 362 g/mol. The minimum atomic E-state index is -0.304. The molecule has 1 saturated carbocycles. The Morgan fingerprint density at radius 1 is 1.19 bits per heavy atom. The van der Waals surface area contributed by atoms with E-state index < -0.39 is 0 Å². The van der Waals surface area contributed by atoms with Crippen LogP contribution in [0.3, 0.4) is 0 Å². The summed E-state index contributed by atoms with van der Waals surface area (Å²) in [5.74, 6) is 2.25. The molecule has 2 rings (SSSR count). The van der Waals surface area contributed by atoms with Gasteiger partial charge in [0.15, 0.2) is 5.11 Å². The Hall–Kier alpha value is -2.28. The van der Waals surface area contributed by atoms with E-state index in [0.717, 1.165) is 12.0 Å². The third-order valence-corrected chi connectivity index (χ3v) is 5.40. The molecule has 1 aliphatic rings. The van der Waals surface area contributed by atoms with Crippen molar-refractivity contribution in [2.75, 3.05) is 14.2 Å². The predicted molar refractivity (Wildman–Crippen MR) is 112 cm³/mol. The number of carbonyl (C=O) groups is 1. The summed E-state index contributed by atoms with van der Waals surface area (Å²) in [5, 5.41) is 3.74. The Kier molecular flexibility index (Phi) is 7.91. The van der Waals surface area contributed by atoms with Crippen molar-refractivity contribution in [2.24, 2.45) is 11.8 Å². The maximum Gasteiger partial charge on any atom is 0.262 e. The van der Waals surface area contributed by atoms with Crippen molar-refractivity contribution in [3.8, 4) is 11.5 Å². The zero-order valence-corrected chi connectivity index (χ0v) is 17.2. The average Bonchev–Trinajstić information content (AvgIpc) is 2.68. The van der Waals surface area contributed by atoms with Crippen molar-refractivity contribution in [1.82, 2.24) is 16.2 Å². The van der Waals surface area contributed by atoms with Crippen LogP contribution in [0.1, 0.15) is 38.7 Å². The smallest absolute Gasteiger partial charge is 0.262 e. The first-order valence-corrected chi connectivity index (χ1v) is 9.62. The first kappa shape index (κ1) is 21.0. The monoisotopic (exact) mass is 391 g/mol. The Balaban J connectivity index is 1.83. The van der Waals surface area contributed by atoms with Gasteiger partial charge in [0.2, 0.25) is 0 Å². The van der Waals surface area contributed by atoms with Gasteiger partial charge in [0.1, 0.15) is 11.5 Å². The first-order chi connectivity index (χ1) is 12.9. The van der Waals surface area contributed by atoms with Crippen LogP contribution in [-0.4, -0.2) is 31.3 Å². The summed E-state index contributed by atoms with van der Waals surface area (Å²) >= 11 is 5.29. The van der Waals surface area contributed by atoms with Crippen LogP contribution in [0.4, 0.5) is 0 Å². The Morgan fingerprint density at radius 2 is 1.96 bits per heavy atom. The van der Waals surface area contributed by atoms with Gasteiger partial charge in [0, 0.05) is 23.7 Å². The molecule has 1 amide bonds. The highest BCUT2D eigenvalue weighted by atomic mass is 32.1. The van der Waals surface area contributed by atoms with E-state index in [0.29, 0.717) is 34.5 Å². The maximum absolute atomic E-state index is 12.0. The molecular formula is C20H29N3O3S. The molecule has 3 N–H and O–H groups in total. The van der Waals surface area contributed by atoms with Crippen LogP contribution in [-0.2, 0) is 4.79 Å². The molecule has 0 aromatic heterocycles. The summed E-state index contributed by atoms with van der Waals surface area (Å²) in [7, 11) is 3.17. The molecule has 3 atom stereocenters. The number of ether oxygens (including phenoxy) is 2. The number of carbonyl (C=O) groups excluding carboxylic acids is 1. The summed E-state index contributed by atoms with van der Waals surface area (Å²) in [5.41, 5.74) is 6.13. The van der Waals surface area contributed by atoms with Gasteiger partial charge in [-0.1, -0.05) is 26.7 Å². The highest BCUT2D eigenvalue weighted by Gasteiger charge is 2.27. The van der Waals surface area contributed by atoms with Crippen LogP contribution in [0.15, 0.2) is 24.3 Å². The zero-order valence-electron chi connectivity index (χ0n) is 16.4. The second kappa shape index (κ2) is 10.2. The van der Waals surface area contributed by atoms with Crippen molar-refractivity contribution < 1.29 is 14.3 Å². The van der Waals surface area contributed by atoms with Crippen LogP contribution < -0.4 is 25.6 Å². The topological polar surface area (TPSA) is 71.6 Å². The molecule has 27 heavy (non-hydrogen) atoms. The fourth-order valence-corrected chi connectivity index (χ4v) is 3.47. The number of amides is 1. The second-order valence-corrected chi connectivity index (χ2v) is 7.31. The van der Waals surface area contributed by atoms with Gasteiger partial charge in [0.05, 0.1) is 14.2 Å². The number of hydrazine groups is 1. The van der Waals surface area contributed by atoms with Crippen LogP contribution in [0.2, 0.25) is 0 Å². The van der Waals surface area contributed by atoms with Gasteiger partial charge < -0.3 is 14.8 Å². The van der Waals surface area contributed by atoms with Gasteiger partial charge in [-0.2, -0.15) is 0 Å². The van der Waals surface area contributed by atoms with Gasteiger partial charge >= 0.3 is 0 Å². The summed E-state index contributed by atoms with van der Waals surface area (Å²) < 4.78 is 10.5. The SMILES string of the molecule is COc1ccc(/C=C/C(=O)NNC(=S)N[C@H]2CCC[C@@H](C)[C@H]2C)c(OC)c1. The summed E-state index contributed by atoms with van der Waals surface area (Å²) in [6.07, 6.45) is 6.65. The van der Waals surface area contributed by atoms with Crippen molar-refractivity contribution in [3.05, 3.63) is 29.8 Å². The molecule has 0 bridgehead atoms. The summed E-state index contributed by atoms with van der Waals surface area (Å²) in [6.45, 7) is 4.52. The molecule has 1 aliphatic carbocycles. The summed E-state index contributed by atoms with van der Waals surface area (Å²) in [6, 6.07) is 5.74. The lowest BCUT2D eigenvalue weighted by Gasteiger charge is -2.35. The van der Waals surface area contributed by atoms with Crippen molar-refractivity contribution >= 4 is 29.3 Å². The van der Waals surface area contributed by atoms with Crippen LogP contribution >= 0.6 is 12.2 Å². The van der Waals surface area contributed by atoms with E-state index in [4.69, 9.17) is 21.7 Å². The molecule has 1 aromatic carbocycles. The molecule has 0 aliphatic heterocycles. The van der Waals surface area contributed by atoms with E-state index in [1.807, 2.05) is 12.1 Å². The van der Waals surface area contributed by atoms with Gasteiger partial charge in [-0.25, -0.2) is 0 Å². The lowest BCUT2D eigenvalue weighted by molar-refractivity contribution is -0.116. The molecule has 0 heterocycles. The third kappa shape index (κ3) is 6.13. The van der Waals surface area contributed by atoms with E-state index in [-0.39, 0.29) is 5.91 Å². The molecule has 1 aromatic rings. The minimum absolute atomic E-state index is 0.304. The zero-order chi connectivity index (χ0) is 19.8. The average molecular weight is 392 g/mol. The molecule has 0 spiro atoms. The molecule has 6 nitrogen and oxygen atoms in total. The standard InChI is InChI=1S/C20H29N3O3S/c1-13-6-5-7-17(14(13)2)21-20(27)23-22-19(24)11-9-15-8-10-16(25-3)12-18(15)26-4/h8-14,17H,5-7H2,1-4H3,(H,22,24)(H2,21,23,27)/b11-9+/t13-,14-,17+/m1/s1. The van der Waals surface area contributed by atoms with Crippen molar-refractivity contribution in [2.45, 2.75) is 39.2 Å². The van der Waals surface area contributed by atoms with E-state index in [1.54, 1.807) is 26.4 Å². The van der Waals surface area contributed by atoms with Crippen molar-refractivity contribution in [1.29, 1.82) is 0 Å². The number of nitrogens with one attached hydrogen (secondary N) is 3. The van der Waals surface area contributed by atoms with Gasteiger partial charge in [-0.05, 0) is 48.7 Å². The number of hydrogen-bond acceptors (Lipinski definition) is 4. The number of methoxy groups -OCH3 is 2. The first-order valence-electron chi connectivity index (χ1n) is 9.21. The Bertz CT molecular complexity index is 693. The highest BCUT2D eigenvalue weighted by Crippen LogP contribution is 2.29. The van der Waals surface area contributed by atoms with E-state index in [2.05, 4.69) is 30.0 Å². The Morgan fingerprint density at radius 3 is 2.67 bits per heavy atom. The Labute approximate surface area is 166 Å². The van der Waals surface area contributed by atoms with E-state index in [9.17, 15) is 4.79 Å². The quantitative estimate of drug-likeness (QED) is 0.407.